The van der Waals surface area contributed by atoms with Crippen LogP contribution in [0.2, 0.25) is 0 Å². The number of hydrogen-bond donors (Lipinski definition) is 2. The molecule has 2 heterocycles. The molecule has 0 radical (unpaired) electrons. The van der Waals surface area contributed by atoms with Crippen LogP contribution in [-0.2, 0) is 4.74 Å². The molecular formula is C11H10N2O4. The van der Waals surface area contributed by atoms with Gasteiger partial charge in [0.2, 0.25) is 0 Å². The minimum atomic E-state index is -0.771. The van der Waals surface area contributed by atoms with Gasteiger partial charge in [0.25, 0.3) is 5.56 Å². The number of H-pyrrole nitrogens is 1. The van der Waals surface area contributed by atoms with Gasteiger partial charge in [0.05, 0.1) is 12.0 Å². The summed E-state index contributed by atoms with van der Waals surface area (Å²) in [7, 11) is 0. The molecule has 17 heavy (non-hydrogen) atoms. The first-order chi connectivity index (χ1) is 8.15. The van der Waals surface area contributed by atoms with Crippen LogP contribution in [0, 0.1) is 0 Å². The fourth-order valence-corrected chi connectivity index (χ4v) is 1.51. The zero-order valence-corrected chi connectivity index (χ0v) is 9.06. The molecule has 2 rings (SSSR count). The van der Waals surface area contributed by atoms with Crippen molar-refractivity contribution in [2.24, 2.45) is 0 Å². The molecule has 0 aliphatic rings. The number of carbonyl (C=O) groups excluding carboxylic acids is 1. The molecule has 0 spiro atoms. The van der Waals surface area contributed by atoms with E-state index in [1.807, 2.05) is 0 Å². The number of pyridine rings is 2. The molecule has 6 heteroatoms. The monoisotopic (exact) mass is 234 g/mol. The third-order valence-electron chi connectivity index (χ3n) is 2.28. The summed E-state index contributed by atoms with van der Waals surface area (Å²) in [6, 6.07) is 1.46. The smallest absolute Gasteiger partial charge is 0.358 e. The Bertz CT molecular complexity index is 633. The minimum Gasteiger partial charge on any atom is -0.505 e. The number of hydrogen-bond acceptors (Lipinski definition) is 5. The molecule has 6 nitrogen and oxygen atoms in total. The molecule has 0 aliphatic heterocycles. The number of aromatic nitrogens is 2. The Labute approximate surface area is 95.9 Å². The average molecular weight is 234 g/mol. The van der Waals surface area contributed by atoms with E-state index < -0.39 is 11.5 Å². The summed E-state index contributed by atoms with van der Waals surface area (Å²) in [4.78, 5) is 29.2. The highest BCUT2D eigenvalue weighted by Crippen LogP contribution is 2.23. The zero-order valence-electron chi connectivity index (χ0n) is 9.06. The van der Waals surface area contributed by atoms with Crippen LogP contribution in [0.25, 0.3) is 10.8 Å². The van der Waals surface area contributed by atoms with E-state index in [1.54, 1.807) is 6.92 Å². The molecule has 0 saturated carbocycles. The second-order valence-corrected chi connectivity index (χ2v) is 3.32. The number of nitrogens with zero attached hydrogens (tertiary/aromatic N) is 1. The first-order valence-corrected chi connectivity index (χ1v) is 5.01. The number of fused-ring (bicyclic) bond motifs is 1. The zero-order chi connectivity index (χ0) is 12.4. The molecule has 0 aliphatic carbocycles. The van der Waals surface area contributed by atoms with Crippen molar-refractivity contribution in [1.82, 2.24) is 9.97 Å². The van der Waals surface area contributed by atoms with Crippen molar-refractivity contribution in [3.63, 3.8) is 0 Å². The van der Waals surface area contributed by atoms with Crippen LogP contribution in [0.4, 0.5) is 0 Å². The molecule has 0 fully saturated rings. The van der Waals surface area contributed by atoms with Gasteiger partial charge in [-0.25, -0.2) is 4.79 Å². The standard InChI is InChI=1S/C11H10N2O4/c1-2-17-11(16)8-9(14)7-5-12-4-3-6(7)10(15)13-8/h3-5,14H,2H2,1H3,(H,13,15). The lowest BCUT2D eigenvalue weighted by molar-refractivity contribution is 0.0516. The van der Waals surface area contributed by atoms with Gasteiger partial charge in [0, 0.05) is 17.8 Å². The van der Waals surface area contributed by atoms with Gasteiger partial charge < -0.3 is 14.8 Å². The summed E-state index contributed by atoms with van der Waals surface area (Å²) in [5.74, 6) is -1.10. The number of rotatable bonds is 2. The highest BCUT2D eigenvalue weighted by Gasteiger charge is 2.17. The molecular weight excluding hydrogens is 224 g/mol. The highest BCUT2D eigenvalue weighted by atomic mass is 16.5. The van der Waals surface area contributed by atoms with Crippen molar-refractivity contribution in [3.05, 3.63) is 34.5 Å². The highest BCUT2D eigenvalue weighted by molar-refractivity contribution is 5.98. The van der Waals surface area contributed by atoms with Crippen LogP contribution in [0.15, 0.2) is 23.3 Å². The maximum Gasteiger partial charge on any atom is 0.358 e. The van der Waals surface area contributed by atoms with E-state index >= 15 is 0 Å². The number of nitrogens with one attached hydrogen (secondary N) is 1. The van der Waals surface area contributed by atoms with Gasteiger partial charge in [-0.2, -0.15) is 0 Å². The van der Waals surface area contributed by atoms with Crippen LogP contribution in [0.3, 0.4) is 0 Å². The molecule has 2 N–H and O–H groups in total. The molecule has 0 bridgehead atoms. The first kappa shape index (κ1) is 11.1. The van der Waals surface area contributed by atoms with E-state index in [1.165, 1.54) is 18.5 Å². The number of aromatic amines is 1. The second kappa shape index (κ2) is 4.25. The number of ether oxygens (including phenoxy) is 1. The molecule has 2 aromatic heterocycles. The molecule has 0 unspecified atom stereocenters. The summed E-state index contributed by atoms with van der Waals surface area (Å²) in [5, 5.41) is 10.4. The Morgan fingerprint density at radius 3 is 3.00 bits per heavy atom. The van der Waals surface area contributed by atoms with E-state index in [4.69, 9.17) is 4.74 Å². The Morgan fingerprint density at radius 1 is 1.53 bits per heavy atom. The predicted molar refractivity (Wildman–Crippen MR) is 60.0 cm³/mol. The van der Waals surface area contributed by atoms with E-state index in [0.29, 0.717) is 0 Å². The summed E-state index contributed by atoms with van der Waals surface area (Å²) in [5.41, 5.74) is -0.722. The Hall–Kier alpha value is -2.37. The maximum atomic E-state index is 11.7. The lowest BCUT2D eigenvalue weighted by Crippen LogP contribution is -2.15. The summed E-state index contributed by atoms with van der Waals surface area (Å²) in [6.45, 7) is 1.79. The molecule has 0 amide bonds. The van der Waals surface area contributed by atoms with Crippen LogP contribution in [0.5, 0.6) is 5.75 Å². The summed E-state index contributed by atoms with van der Waals surface area (Å²) >= 11 is 0. The Kier molecular flexibility index (Phi) is 2.78. The number of carbonyl (C=O) groups is 1. The average Bonchev–Trinajstić information content (AvgIpc) is 2.34. The molecule has 0 aromatic carbocycles. The van der Waals surface area contributed by atoms with E-state index in [0.717, 1.165) is 0 Å². The van der Waals surface area contributed by atoms with Gasteiger partial charge in [-0.3, -0.25) is 9.78 Å². The van der Waals surface area contributed by atoms with E-state index in [-0.39, 0.29) is 28.8 Å². The van der Waals surface area contributed by atoms with Gasteiger partial charge >= 0.3 is 5.97 Å². The van der Waals surface area contributed by atoms with Crippen LogP contribution in [-0.4, -0.2) is 27.7 Å². The van der Waals surface area contributed by atoms with Gasteiger partial charge in [0.15, 0.2) is 11.4 Å². The third kappa shape index (κ3) is 1.84. The van der Waals surface area contributed by atoms with Crippen molar-refractivity contribution in [2.45, 2.75) is 6.92 Å². The second-order valence-electron chi connectivity index (χ2n) is 3.32. The third-order valence-corrected chi connectivity index (χ3v) is 2.28. The van der Waals surface area contributed by atoms with Crippen LogP contribution < -0.4 is 5.56 Å². The Morgan fingerprint density at radius 2 is 2.29 bits per heavy atom. The number of aromatic hydroxyl groups is 1. The lowest BCUT2D eigenvalue weighted by atomic mass is 10.2. The van der Waals surface area contributed by atoms with Gasteiger partial charge in [-0.1, -0.05) is 0 Å². The molecule has 88 valence electrons. The first-order valence-electron chi connectivity index (χ1n) is 5.01. The van der Waals surface area contributed by atoms with Crippen molar-refractivity contribution >= 4 is 16.7 Å². The van der Waals surface area contributed by atoms with Gasteiger partial charge in [-0.15, -0.1) is 0 Å². The van der Waals surface area contributed by atoms with Gasteiger partial charge in [-0.05, 0) is 13.0 Å². The largest absolute Gasteiger partial charge is 0.505 e. The fourth-order valence-electron chi connectivity index (χ4n) is 1.51. The minimum absolute atomic E-state index is 0.158. The maximum absolute atomic E-state index is 11.7. The molecule has 0 atom stereocenters. The van der Waals surface area contributed by atoms with Crippen molar-refractivity contribution in [3.8, 4) is 5.75 Å². The van der Waals surface area contributed by atoms with Gasteiger partial charge in [0.1, 0.15) is 0 Å². The number of esters is 1. The Balaban J connectivity index is 2.71. The molecule has 2 aromatic rings. The summed E-state index contributed by atoms with van der Waals surface area (Å²) < 4.78 is 4.72. The van der Waals surface area contributed by atoms with Crippen LogP contribution >= 0.6 is 0 Å². The SMILES string of the molecule is CCOC(=O)c1[nH]c(=O)c2ccncc2c1O. The van der Waals surface area contributed by atoms with E-state index in [2.05, 4.69) is 9.97 Å². The van der Waals surface area contributed by atoms with Crippen molar-refractivity contribution in [2.75, 3.05) is 6.61 Å². The topological polar surface area (TPSA) is 92.3 Å². The van der Waals surface area contributed by atoms with Crippen molar-refractivity contribution < 1.29 is 14.6 Å². The quantitative estimate of drug-likeness (QED) is 0.750. The lowest BCUT2D eigenvalue weighted by Gasteiger charge is -2.06. The van der Waals surface area contributed by atoms with Crippen molar-refractivity contribution in [1.29, 1.82) is 0 Å². The molecule has 0 saturated heterocycles. The van der Waals surface area contributed by atoms with E-state index in [9.17, 15) is 14.7 Å². The summed E-state index contributed by atoms with van der Waals surface area (Å²) in [6.07, 6.45) is 2.75. The van der Waals surface area contributed by atoms with Crippen LogP contribution in [0.1, 0.15) is 17.4 Å². The fraction of sp³-hybridized carbons (Fsp3) is 0.182. The predicted octanol–water partition coefficient (Wildman–Crippen LogP) is 0.805. The normalized spacial score (nSPS) is 10.4.